The van der Waals surface area contributed by atoms with Gasteiger partial charge in [-0.2, -0.15) is 14.6 Å². The van der Waals surface area contributed by atoms with Gasteiger partial charge < -0.3 is 0 Å². The van der Waals surface area contributed by atoms with Crippen molar-refractivity contribution in [1.29, 1.82) is 0 Å². The number of hydrogen-bond donors (Lipinski definition) is 0. The molecule has 4 aromatic rings. The molecule has 4 heterocycles. The summed E-state index contributed by atoms with van der Waals surface area (Å²) < 4.78 is 4.44. The Morgan fingerprint density at radius 3 is 2.80 bits per heavy atom. The lowest BCUT2D eigenvalue weighted by molar-refractivity contribution is 0.631. The summed E-state index contributed by atoms with van der Waals surface area (Å²) in [6.07, 6.45) is 5.94. The minimum Gasteiger partial charge on any atom is -0.267 e. The lowest BCUT2D eigenvalue weighted by Gasteiger charge is -2.08. The van der Waals surface area contributed by atoms with E-state index >= 15 is 0 Å². The quantitative estimate of drug-likeness (QED) is 0.468. The Balaban J connectivity index is 2.19. The second-order valence-corrected chi connectivity index (χ2v) is 4.24. The molecule has 0 unspecified atom stereocenters. The van der Waals surface area contributed by atoms with E-state index in [1.165, 1.54) is 28.3 Å². The van der Waals surface area contributed by atoms with Crippen molar-refractivity contribution in [1.82, 2.24) is 39.1 Å². The molecule has 0 aliphatic carbocycles. The minimum absolute atomic E-state index is 0.218. The van der Waals surface area contributed by atoms with Crippen LogP contribution in [0.4, 0.5) is 0 Å². The highest BCUT2D eigenvalue weighted by atomic mass is 16.1. The van der Waals surface area contributed by atoms with Gasteiger partial charge in [-0.3, -0.25) is 4.79 Å². The lowest BCUT2D eigenvalue weighted by Crippen LogP contribution is -2.25. The maximum Gasteiger partial charge on any atom is 0.280 e. The van der Waals surface area contributed by atoms with Crippen molar-refractivity contribution >= 4 is 16.7 Å². The van der Waals surface area contributed by atoms with E-state index in [9.17, 15) is 4.79 Å². The topological polar surface area (TPSA) is 95.8 Å². The molecule has 0 N–H and O–H groups in total. The Labute approximate surface area is 111 Å². The van der Waals surface area contributed by atoms with Crippen molar-refractivity contribution in [2.75, 3.05) is 0 Å². The van der Waals surface area contributed by atoms with Crippen LogP contribution in [-0.4, -0.2) is 39.1 Å². The van der Waals surface area contributed by atoms with E-state index in [4.69, 9.17) is 0 Å². The van der Waals surface area contributed by atoms with E-state index in [-0.39, 0.29) is 5.56 Å². The monoisotopic (exact) mass is 268 g/mol. The molecule has 0 saturated heterocycles. The van der Waals surface area contributed by atoms with Crippen molar-refractivity contribution in [2.45, 2.75) is 6.92 Å². The van der Waals surface area contributed by atoms with Crippen LogP contribution in [0, 0.1) is 6.92 Å². The number of hydrogen-bond acceptors (Lipinski definition) is 6. The van der Waals surface area contributed by atoms with Gasteiger partial charge in [-0.15, -0.1) is 10.2 Å². The summed E-state index contributed by atoms with van der Waals surface area (Å²) in [7, 11) is 0. The summed E-state index contributed by atoms with van der Waals surface area (Å²) >= 11 is 0. The molecule has 0 aliphatic heterocycles. The molecule has 0 fully saturated rings. The first-order valence-corrected chi connectivity index (χ1v) is 5.83. The zero-order valence-corrected chi connectivity index (χ0v) is 10.4. The van der Waals surface area contributed by atoms with Gasteiger partial charge in [-0.1, -0.05) is 0 Å². The highest BCUT2D eigenvalue weighted by Crippen LogP contribution is 2.13. The molecule has 20 heavy (non-hydrogen) atoms. The molecule has 4 rings (SSSR count). The number of pyridine rings is 1. The predicted octanol–water partition coefficient (Wildman–Crippen LogP) is -0.349. The summed E-state index contributed by atoms with van der Waals surface area (Å²) in [5, 5.41) is 12.0. The van der Waals surface area contributed by atoms with E-state index in [0.717, 1.165) is 0 Å². The standard InChI is InChI=1S/C11H8N8O/c1-7-9-8(19-11(16-7)12-4-15-19)2-3-18(10(9)20)17-5-13-14-6-17/h2-6H,1H3. The van der Waals surface area contributed by atoms with Crippen LogP contribution in [0.5, 0.6) is 0 Å². The van der Waals surface area contributed by atoms with Gasteiger partial charge in [0, 0.05) is 6.20 Å². The molecule has 9 nitrogen and oxygen atoms in total. The van der Waals surface area contributed by atoms with Crippen molar-refractivity contribution in [3.8, 4) is 0 Å². The summed E-state index contributed by atoms with van der Waals surface area (Å²) in [4.78, 5) is 20.9. The van der Waals surface area contributed by atoms with Crippen LogP contribution in [0.15, 0.2) is 36.0 Å². The van der Waals surface area contributed by atoms with E-state index in [2.05, 4.69) is 25.3 Å². The molecule has 0 radical (unpaired) electrons. The lowest BCUT2D eigenvalue weighted by atomic mass is 10.2. The fourth-order valence-corrected chi connectivity index (χ4v) is 2.21. The van der Waals surface area contributed by atoms with E-state index in [1.54, 1.807) is 23.7 Å². The molecular formula is C11H8N8O. The minimum atomic E-state index is -0.218. The maximum absolute atomic E-state index is 12.6. The van der Waals surface area contributed by atoms with Crippen LogP contribution in [0.2, 0.25) is 0 Å². The third kappa shape index (κ3) is 1.31. The molecular weight excluding hydrogens is 260 g/mol. The second kappa shape index (κ2) is 3.70. The molecule has 0 spiro atoms. The number of aromatic nitrogens is 8. The third-order valence-corrected chi connectivity index (χ3v) is 3.09. The molecule has 4 aromatic heterocycles. The number of aryl methyl sites for hydroxylation is 1. The van der Waals surface area contributed by atoms with Gasteiger partial charge in [0.25, 0.3) is 11.3 Å². The predicted molar refractivity (Wildman–Crippen MR) is 68.1 cm³/mol. The first kappa shape index (κ1) is 10.8. The Bertz CT molecular complexity index is 981. The number of rotatable bonds is 1. The van der Waals surface area contributed by atoms with Gasteiger partial charge in [0.15, 0.2) is 0 Å². The van der Waals surface area contributed by atoms with Gasteiger partial charge in [0.1, 0.15) is 19.0 Å². The Morgan fingerprint density at radius 1 is 1.20 bits per heavy atom. The van der Waals surface area contributed by atoms with Gasteiger partial charge in [0.2, 0.25) is 0 Å². The Hall–Kier alpha value is -3.10. The largest absolute Gasteiger partial charge is 0.280 e. The van der Waals surface area contributed by atoms with Gasteiger partial charge in [0.05, 0.1) is 16.6 Å². The van der Waals surface area contributed by atoms with Crippen molar-refractivity contribution in [3.63, 3.8) is 0 Å². The van der Waals surface area contributed by atoms with Gasteiger partial charge >= 0.3 is 0 Å². The average molecular weight is 268 g/mol. The zero-order valence-electron chi connectivity index (χ0n) is 10.4. The molecule has 98 valence electrons. The van der Waals surface area contributed by atoms with Crippen LogP contribution in [0.3, 0.4) is 0 Å². The zero-order chi connectivity index (χ0) is 13.7. The SMILES string of the molecule is Cc1nc2ncnn2c2ccn(-n3cnnc3)c(=O)c12. The first-order chi connectivity index (χ1) is 9.75. The van der Waals surface area contributed by atoms with Crippen LogP contribution >= 0.6 is 0 Å². The fraction of sp³-hybridized carbons (Fsp3) is 0.0909. The summed E-state index contributed by atoms with van der Waals surface area (Å²) in [6.45, 7) is 1.77. The van der Waals surface area contributed by atoms with E-state index < -0.39 is 0 Å². The van der Waals surface area contributed by atoms with Gasteiger partial charge in [-0.05, 0) is 13.0 Å². The van der Waals surface area contributed by atoms with Gasteiger partial charge in [-0.25, -0.2) is 14.3 Å². The average Bonchev–Trinajstić information content (AvgIpc) is 3.08. The third-order valence-electron chi connectivity index (χ3n) is 3.09. The molecule has 0 amide bonds. The molecule has 0 aromatic carbocycles. The van der Waals surface area contributed by atoms with Crippen LogP contribution in [0.1, 0.15) is 5.69 Å². The van der Waals surface area contributed by atoms with Crippen molar-refractivity contribution in [3.05, 3.63) is 47.3 Å². The van der Waals surface area contributed by atoms with Crippen LogP contribution < -0.4 is 5.56 Å². The molecule has 0 bridgehead atoms. The van der Waals surface area contributed by atoms with Crippen molar-refractivity contribution < 1.29 is 0 Å². The summed E-state index contributed by atoms with van der Waals surface area (Å²) in [5.41, 5.74) is 1.05. The second-order valence-electron chi connectivity index (χ2n) is 4.24. The summed E-state index contributed by atoms with van der Waals surface area (Å²) in [5.74, 6) is 0.469. The highest BCUT2D eigenvalue weighted by molar-refractivity contribution is 5.81. The van der Waals surface area contributed by atoms with Crippen molar-refractivity contribution in [2.24, 2.45) is 0 Å². The van der Waals surface area contributed by atoms with Crippen LogP contribution in [-0.2, 0) is 0 Å². The van der Waals surface area contributed by atoms with E-state index in [1.807, 2.05) is 0 Å². The fourth-order valence-electron chi connectivity index (χ4n) is 2.21. The van der Waals surface area contributed by atoms with Crippen LogP contribution in [0.25, 0.3) is 16.7 Å². The summed E-state index contributed by atoms with van der Waals surface area (Å²) in [6, 6.07) is 1.78. The Morgan fingerprint density at radius 2 is 2.00 bits per heavy atom. The van der Waals surface area contributed by atoms with E-state index in [0.29, 0.717) is 22.4 Å². The molecule has 0 atom stereocenters. The smallest absolute Gasteiger partial charge is 0.267 e. The highest BCUT2D eigenvalue weighted by Gasteiger charge is 2.12. The normalized spacial score (nSPS) is 11.4. The number of nitrogens with zero attached hydrogens (tertiary/aromatic N) is 8. The number of fused-ring (bicyclic) bond motifs is 3. The molecule has 0 aliphatic rings. The Kier molecular flexibility index (Phi) is 1.99. The maximum atomic E-state index is 12.6. The molecule has 0 saturated carbocycles. The molecule has 9 heteroatoms. The first-order valence-electron chi connectivity index (χ1n) is 5.83.